The predicted molar refractivity (Wildman–Crippen MR) is 51.4 cm³/mol. The summed E-state index contributed by atoms with van der Waals surface area (Å²) in [5, 5.41) is 1.99. The number of anilines is 1. The highest BCUT2D eigenvalue weighted by Gasteiger charge is 2.02. The number of hydrogen-bond acceptors (Lipinski definition) is 5. The quantitative estimate of drug-likeness (QED) is 0.774. The Morgan fingerprint density at radius 2 is 2.31 bits per heavy atom. The van der Waals surface area contributed by atoms with Crippen molar-refractivity contribution in [2.75, 3.05) is 5.73 Å². The van der Waals surface area contributed by atoms with E-state index in [0.717, 1.165) is 11.4 Å². The maximum atomic E-state index is 5.69. The van der Waals surface area contributed by atoms with Crippen LogP contribution in [0.3, 0.4) is 0 Å². The first-order valence-electron chi connectivity index (χ1n) is 3.77. The summed E-state index contributed by atoms with van der Waals surface area (Å²) in [6.45, 7) is 0. The monoisotopic (exact) mass is 192 g/mol. The molecule has 66 valence electrons. The first-order chi connectivity index (χ1) is 6.36. The van der Waals surface area contributed by atoms with Gasteiger partial charge < -0.3 is 5.73 Å². The van der Waals surface area contributed by atoms with Crippen molar-refractivity contribution in [3.8, 4) is 0 Å². The minimum absolute atomic E-state index is 0.621. The van der Waals surface area contributed by atoms with Gasteiger partial charge in [0.25, 0.3) is 0 Å². The van der Waals surface area contributed by atoms with Crippen molar-refractivity contribution in [1.82, 2.24) is 15.0 Å². The van der Waals surface area contributed by atoms with Crippen molar-refractivity contribution < 1.29 is 0 Å². The molecule has 0 amide bonds. The van der Waals surface area contributed by atoms with Gasteiger partial charge in [0.15, 0.2) is 0 Å². The van der Waals surface area contributed by atoms with Crippen molar-refractivity contribution in [3.63, 3.8) is 0 Å². The second kappa shape index (κ2) is 3.49. The zero-order valence-corrected chi connectivity index (χ0v) is 7.66. The first-order valence-corrected chi connectivity index (χ1v) is 4.72. The van der Waals surface area contributed by atoms with Gasteiger partial charge in [-0.1, -0.05) is 0 Å². The Labute approximate surface area is 79.5 Å². The largest absolute Gasteiger partial charge is 0.396 e. The third kappa shape index (κ3) is 1.81. The fourth-order valence-corrected chi connectivity index (χ4v) is 1.57. The number of nitrogens with two attached hydrogens (primary N) is 1. The van der Waals surface area contributed by atoms with Crippen molar-refractivity contribution in [3.05, 3.63) is 34.8 Å². The molecular formula is C8H8N4S. The summed E-state index contributed by atoms with van der Waals surface area (Å²) >= 11 is 1.57. The molecule has 0 saturated heterocycles. The highest BCUT2D eigenvalue weighted by atomic mass is 32.1. The predicted octanol–water partition coefficient (Wildman–Crippen LogP) is 1.11. The van der Waals surface area contributed by atoms with Gasteiger partial charge in [-0.25, -0.2) is 15.0 Å². The Kier molecular flexibility index (Phi) is 2.18. The molecular weight excluding hydrogens is 184 g/mol. The maximum absolute atomic E-state index is 5.69. The van der Waals surface area contributed by atoms with Crippen molar-refractivity contribution in [2.24, 2.45) is 0 Å². The van der Waals surface area contributed by atoms with Crippen LogP contribution in [0.15, 0.2) is 23.4 Å². The van der Waals surface area contributed by atoms with Crippen LogP contribution >= 0.6 is 11.3 Å². The molecule has 0 atom stereocenters. The van der Waals surface area contributed by atoms with E-state index in [4.69, 9.17) is 5.73 Å². The van der Waals surface area contributed by atoms with E-state index in [9.17, 15) is 0 Å². The number of nitrogens with zero attached hydrogens (tertiary/aromatic N) is 3. The van der Waals surface area contributed by atoms with Crippen LogP contribution in [0.4, 0.5) is 5.69 Å². The zero-order valence-electron chi connectivity index (χ0n) is 6.84. The van der Waals surface area contributed by atoms with Gasteiger partial charge in [-0.2, -0.15) is 0 Å². The van der Waals surface area contributed by atoms with E-state index >= 15 is 0 Å². The number of thiazole rings is 1. The summed E-state index contributed by atoms with van der Waals surface area (Å²) in [6.07, 6.45) is 3.78. The van der Waals surface area contributed by atoms with Crippen molar-refractivity contribution >= 4 is 17.0 Å². The molecule has 0 bridgehead atoms. The maximum Gasteiger partial charge on any atom is 0.115 e. The second-order valence-corrected chi connectivity index (χ2v) is 3.30. The molecule has 0 aliphatic heterocycles. The van der Waals surface area contributed by atoms with Crippen LogP contribution in [0.25, 0.3) is 0 Å². The first kappa shape index (κ1) is 8.12. The smallest absolute Gasteiger partial charge is 0.115 e. The molecule has 2 rings (SSSR count). The van der Waals surface area contributed by atoms with Gasteiger partial charge in [0.2, 0.25) is 0 Å². The van der Waals surface area contributed by atoms with Gasteiger partial charge in [-0.05, 0) is 0 Å². The molecule has 0 unspecified atom stereocenters. The van der Waals surface area contributed by atoms with Crippen LogP contribution in [0.2, 0.25) is 0 Å². The summed E-state index contributed by atoms with van der Waals surface area (Å²) in [4.78, 5) is 12.1. The van der Waals surface area contributed by atoms with Crippen LogP contribution in [0.5, 0.6) is 0 Å². The number of nitrogen functional groups attached to an aromatic ring is 1. The minimum atomic E-state index is 0.621. The van der Waals surface area contributed by atoms with Gasteiger partial charge in [-0.3, -0.25) is 0 Å². The molecule has 0 aromatic carbocycles. The summed E-state index contributed by atoms with van der Waals surface area (Å²) in [5.74, 6) is 0. The fourth-order valence-electron chi connectivity index (χ4n) is 1.01. The zero-order chi connectivity index (χ0) is 9.10. The van der Waals surface area contributed by atoms with Crippen LogP contribution < -0.4 is 5.73 Å². The standard InChI is InChI=1S/C8H8N4S/c9-7-2-10-4-11-8(7)1-6-3-13-5-12-6/h2-5H,1,9H2. The molecule has 2 aromatic rings. The van der Waals surface area contributed by atoms with Gasteiger partial charge in [-0.15, -0.1) is 11.3 Å². The average molecular weight is 192 g/mol. The number of hydrogen-bond donors (Lipinski definition) is 1. The Morgan fingerprint density at radius 3 is 3.00 bits per heavy atom. The van der Waals surface area contributed by atoms with E-state index in [1.165, 1.54) is 6.33 Å². The molecule has 0 saturated carbocycles. The average Bonchev–Trinajstić information content (AvgIpc) is 2.61. The van der Waals surface area contributed by atoms with E-state index in [0.29, 0.717) is 12.1 Å². The highest BCUT2D eigenvalue weighted by molar-refractivity contribution is 7.07. The molecule has 0 spiro atoms. The molecule has 4 nitrogen and oxygen atoms in total. The molecule has 13 heavy (non-hydrogen) atoms. The minimum Gasteiger partial charge on any atom is -0.396 e. The van der Waals surface area contributed by atoms with Crippen LogP contribution in [0.1, 0.15) is 11.4 Å². The van der Waals surface area contributed by atoms with Gasteiger partial charge in [0.1, 0.15) is 6.33 Å². The Balaban J connectivity index is 2.24. The summed E-state index contributed by atoms with van der Waals surface area (Å²) in [7, 11) is 0. The third-order valence-corrected chi connectivity index (χ3v) is 2.29. The van der Waals surface area contributed by atoms with Gasteiger partial charge in [0, 0.05) is 11.8 Å². The fraction of sp³-hybridized carbons (Fsp3) is 0.125. The Morgan fingerprint density at radius 1 is 1.38 bits per heavy atom. The van der Waals surface area contributed by atoms with Crippen LogP contribution in [-0.2, 0) is 6.42 Å². The van der Waals surface area contributed by atoms with E-state index in [-0.39, 0.29) is 0 Å². The molecule has 0 fully saturated rings. The lowest BCUT2D eigenvalue weighted by atomic mass is 10.2. The molecule has 2 heterocycles. The Bertz CT molecular complexity index is 385. The van der Waals surface area contributed by atoms with Crippen molar-refractivity contribution in [1.29, 1.82) is 0 Å². The topological polar surface area (TPSA) is 64.7 Å². The normalized spacial score (nSPS) is 10.2. The lowest BCUT2D eigenvalue weighted by Crippen LogP contribution is -1.99. The molecule has 5 heteroatoms. The Hall–Kier alpha value is -1.49. The second-order valence-electron chi connectivity index (χ2n) is 2.58. The highest BCUT2D eigenvalue weighted by Crippen LogP contribution is 2.11. The van der Waals surface area contributed by atoms with E-state index < -0.39 is 0 Å². The number of aromatic nitrogens is 3. The molecule has 2 N–H and O–H groups in total. The number of rotatable bonds is 2. The summed E-state index contributed by atoms with van der Waals surface area (Å²) in [5.41, 5.74) is 9.94. The molecule has 0 radical (unpaired) electrons. The molecule has 0 aliphatic carbocycles. The lowest BCUT2D eigenvalue weighted by Gasteiger charge is -1.99. The van der Waals surface area contributed by atoms with E-state index in [1.54, 1.807) is 23.0 Å². The van der Waals surface area contributed by atoms with Crippen LogP contribution in [0, 0.1) is 0 Å². The SMILES string of the molecule is Nc1cncnc1Cc1cscn1. The summed E-state index contributed by atoms with van der Waals surface area (Å²) in [6, 6.07) is 0. The lowest BCUT2D eigenvalue weighted by molar-refractivity contribution is 1.00. The van der Waals surface area contributed by atoms with Gasteiger partial charge in [0.05, 0.1) is 28.8 Å². The molecule has 2 aromatic heterocycles. The molecule has 0 aliphatic rings. The van der Waals surface area contributed by atoms with Crippen molar-refractivity contribution in [2.45, 2.75) is 6.42 Å². The van der Waals surface area contributed by atoms with E-state index in [2.05, 4.69) is 15.0 Å². The van der Waals surface area contributed by atoms with Crippen LogP contribution in [-0.4, -0.2) is 15.0 Å². The third-order valence-electron chi connectivity index (χ3n) is 1.66. The van der Waals surface area contributed by atoms with Gasteiger partial charge >= 0.3 is 0 Å². The van der Waals surface area contributed by atoms with E-state index in [1.807, 2.05) is 5.38 Å². The summed E-state index contributed by atoms with van der Waals surface area (Å²) < 4.78 is 0.